The molecular formula is C11H7Br2N3O3. The third-order valence-electron chi connectivity index (χ3n) is 2.16. The van der Waals surface area contributed by atoms with E-state index in [-0.39, 0.29) is 11.6 Å². The van der Waals surface area contributed by atoms with Crippen LogP contribution >= 0.6 is 31.9 Å². The zero-order valence-corrected chi connectivity index (χ0v) is 12.8. The third-order valence-corrected chi connectivity index (χ3v) is 3.30. The molecule has 2 aromatic heterocycles. The molecule has 6 nitrogen and oxygen atoms in total. The number of hydrogen-bond donors (Lipinski definition) is 0. The summed E-state index contributed by atoms with van der Waals surface area (Å²) in [6, 6.07) is 4.86. The monoisotopic (exact) mass is 387 g/mol. The lowest BCUT2D eigenvalue weighted by Crippen LogP contribution is -1.95. The Morgan fingerprint density at radius 3 is 2.68 bits per heavy atom. The highest BCUT2D eigenvalue weighted by Gasteiger charge is 2.13. The van der Waals surface area contributed by atoms with Gasteiger partial charge in [0.1, 0.15) is 10.8 Å². The molecule has 0 aromatic carbocycles. The smallest absolute Gasteiger partial charge is 0.288 e. The van der Waals surface area contributed by atoms with E-state index in [1.165, 1.54) is 6.07 Å². The van der Waals surface area contributed by atoms with E-state index >= 15 is 0 Å². The van der Waals surface area contributed by atoms with E-state index in [4.69, 9.17) is 4.74 Å². The number of hydrogen-bond acceptors (Lipinski definition) is 5. The summed E-state index contributed by atoms with van der Waals surface area (Å²) >= 11 is 6.46. The number of pyridine rings is 2. The van der Waals surface area contributed by atoms with Crippen LogP contribution in [0, 0.1) is 17.0 Å². The Morgan fingerprint density at radius 2 is 2.11 bits per heavy atom. The fourth-order valence-electron chi connectivity index (χ4n) is 1.28. The maximum Gasteiger partial charge on any atom is 0.288 e. The second kappa shape index (κ2) is 5.62. The van der Waals surface area contributed by atoms with Crippen LogP contribution in [-0.2, 0) is 0 Å². The number of nitro groups is 1. The van der Waals surface area contributed by atoms with Gasteiger partial charge in [-0.25, -0.2) is 9.97 Å². The van der Waals surface area contributed by atoms with Crippen molar-refractivity contribution in [2.45, 2.75) is 6.92 Å². The van der Waals surface area contributed by atoms with Crippen LogP contribution in [0.15, 0.2) is 33.5 Å². The Bertz CT molecular complexity index is 649. The maximum atomic E-state index is 10.6. The average molecular weight is 389 g/mol. The van der Waals surface area contributed by atoms with Crippen LogP contribution in [0.1, 0.15) is 5.69 Å². The Morgan fingerprint density at radius 1 is 1.37 bits per heavy atom. The van der Waals surface area contributed by atoms with E-state index in [2.05, 4.69) is 41.8 Å². The summed E-state index contributed by atoms with van der Waals surface area (Å²) in [5.74, 6) is 0.713. The quantitative estimate of drug-likeness (QED) is 0.451. The average Bonchev–Trinajstić information content (AvgIpc) is 2.34. The molecule has 2 heterocycles. The van der Waals surface area contributed by atoms with Gasteiger partial charge in [-0.05, 0) is 50.9 Å². The van der Waals surface area contributed by atoms with Crippen molar-refractivity contribution in [3.05, 3.63) is 49.3 Å². The van der Waals surface area contributed by atoms with Crippen molar-refractivity contribution in [1.29, 1.82) is 0 Å². The Kier molecular flexibility index (Phi) is 4.11. The predicted octanol–water partition coefficient (Wildman–Crippen LogP) is 4.01. The number of halogens is 2. The van der Waals surface area contributed by atoms with Gasteiger partial charge in [-0.2, -0.15) is 0 Å². The summed E-state index contributed by atoms with van der Waals surface area (Å²) in [6.45, 7) is 1.86. The fraction of sp³-hybridized carbons (Fsp3) is 0.0909. The number of aromatic nitrogens is 2. The highest BCUT2D eigenvalue weighted by Crippen LogP contribution is 2.33. The molecule has 2 rings (SSSR count). The van der Waals surface area contributed by atoms with Gasteiger partial charge in [-0.15, -0.1) is 0 Å². The van der Waals surface area contributed by atoms with Crippen LogP contribution < -0.4 is 4.74 Å². The van der Waals surface area contributed by atoms with Crippen LogP contribution in [0.4, 0.5) is 5.69 Å². The minimum atomic E-state index is -0.523. The summed E-state index contributed by atoms with van der Waals surface area (Å²) in [4.78, 5) is 18.2. The summed E-state index contributed by atoms with van der Waals surface area (Å²) in [5.41, 5.74) is 0.732. The molecular weight excluding hydrogens is 382 g/mol. The summed E-state index contributed by atoms with van der Waals surface area (Å²) in [7, 11) is 0. The minimum absolute atomic E-state index is 0.111. The molecule has 0 fully saturated rings. The zero-order chi connectivity index (χ0) is 14.0. The van der Waals surface area contributed by atoms with Crippen molar-refractivity contribution < 1.29 is 9.66 Å². The molecule has 0 radical (unpaired) electrons. The first-order chi connectivity index (χ1) is 8.97. The molecule has 0 aliphatic heterocycles. The summed E-state index contributed by atoms with van der Waals surface area (Å²) in [6.07, 6.45) is 1.13. The van der Waals surface area contributed by atoms with Gasteiger partial charge in [0.15, 0.2) is 5.75 Å². The molecule has 0 aliphatic rings. The van der Waals surface area contributed by atoms with Crippen LogP contribution in [0.5, 0.6) is 11.6 Å². The molecule has 0 saturated carbocycles. The highest BCUT2D eigenvalue weighted by molar-refractivity contribution is 9.10. The number of nitrogens with zero attached hydrogens (tertiary/aromatic N) is 3. The van der Waals surface area contributed by atoms with Crippen molar-refractivity contribution in [2.24, 2.45) is 0 Å². The van der Waals surface area contributed by atoms with Crippen molar-refractivity contribution in [3.8, 4) is 11.6 Å². The zero-order valence-electron chi connectivity index (χ0n) is 9.63. The van der Waals surface area contributed by atoms with Crippen molar-refractivity contribution in [2.75, 3.05) is 0 Å². The normalized spacial score (nSPS) is 10.3. The van der Waals surface area contributed by atoms with Crippen LogP contribution in [0.3, 0.4) is 0 Å². The minimum Gasteiger partial charge on any atom is -0.435 e. The van der Waals surface area contributed by atoms with Crippen LogP contribution in [-0.4, -0.2) is 14.9 Å². The molecule has 0 spiro atoms. The SMILES string of the molecule is Cc1ccc(Oc2ncc([N+](=O)[O-])cc2Br)c(Br)n1. The van der Waals surface area contributed by atoms with E-state index in [9.17, 15) is 10.1 Å². The highest BCUT2D eigenvalue weighted by atomic mass is 79.9. The van der Waals surface area contributed by atoms with E-state index in [1.807, 2.05) is 6.92 Å². The lowest BCUT2D eigenvalue weighted by atomic mass is 10.4. The Balaban J connectivity index is 2.31. The van der Waals surface area contributed by atoms with Crippen molar-refractivity contribution in [3.63, 3.8) is 0 Å². The van der Waals surface area contributed by atoms with Gasteiger partial charge in [-0.3, -0.25) is 10.1 Å². The predicted molar refractivity (Wildman–Crippen MR) is 75.3 cm³/mol. The molecule has 0 N–H and O–H groups in total. The van der Waals surface area contributed by atoms with E-state index in [0.717, 1.165) is 11.9 Å². The van der Waals surface area contributed by atoms with E-state index in [0.29, 0.717) is 14.8 Å². The van der Waals surface area contributed by atoms with Gasteiger partial charge in [0.25, 0.3) is 5.69 Å². The first-order valence-electron chi connectivity index (χ1n) is 5.08. The molecule has 0 bridgehead atoms. The number of ether oxygens (including phenoxy) is 1. The van der Waals surface area contributed by atoms with E-state index < -0.39 is 4.92 Å². The molecule has 0 saturated heterocycles. The second-order valence-corrected chi connectivity index (χ2v) is 5.19. The van der Waals surface area contributed by atoms with E-state index in [1.54, 1.807) is 12.1 Å². The first kappa shape index (κ1) is 13.9. The van der Waals surface area contributed by atoms with Gasteiger partial charge in [0, 0.05) is 11.8 Å². The topological polar surface area (TPSA) is 78.2 Å². The standard InChI is InChI=1S/C11H7Br2N3O3/c1-6-2-3-9(10(13)15-6)19-11-8(12)4-7(5-14-11)16(17)18/h2-5H,1H3. The molecule has 98 valence electrons. The number of aryl methyl sites for hydroxylation is 1. The summed E-state index contributed by atoms with van der Waals surface area (Å²) in [5, 5.41) is 10.6. The van der Waals surface area contributed by atoms with Crippen LogP contribution in [0.2, 0.25) is 0 Å². The lowest BCUT2D eigenvalue weighted by molar-refractivity contribution is -0.385. The first-order valence-corrected chi connectivity index (χ1v) is 6.67. The lowest BCUT2D eigenvalue weighted by Gasteiger charge is -2.07. The van der Waals surface area contributed by atoms with Gasteiger partial charge in [-0.1, -0.05) is 0 Å². The fourth-order valence-corrected chi connectivity index (χ4v) is 2.19. The van der Waals surface area contributed by atoms with Gasteiger partial charge < -0.3 is 4.74 Å². The molecule has 8 heteroatoms. The second-order valence-electron chi connectivity index (χ2n) is 3.58. The largest absolute Gasteiger partial charge is 0.435 e. The Hall–Kier alpha value is -1.54. The van der Waals surface area contributed by atoms with Crippen LogP contribution in [0.25, 0.3) is 0 Å². The number of rotatable bonds is 3. The molecule has 0 atom stereocenters. The van der Waals surface area contributed by atoms with Gasteiger partial charge in [0.2, 0.25) is 5.88 Å². The molecule has 0 amide bonds. The van der Waals surface area contributed by atoms with Crippen molar-refractivity contribution >= 4 is 37.5 Å². The molecule has 2 aromatic rings. The van der Waals surface area contributed by atoms with Gasteiger partial charge in [0.05, 0.1) is 9.40 Å². The molecule has 0 unspecified atom stereocenters. The third kappa shape index (κ3) is 3.27. The maximum absolute atomic E-state index is 10.6. The van der Waals surface area contributed by atoms with Crippen molar-refractivity contribution in [1.82, 2.24) is 9.97 Å². The molecule has 0 aliphatic carbocycles. The molecule has 19 heavy (non-hydrogen) atoms. The Labute approximate surface area is 125 Å². The van der Waals surface area contributed by atoms with Gasteiger partial charge >= 0.3 is 0 Å². The summed E-state index contributed by atoms with van der Waals surface area (Å²) < 4.78 is 6.48.